The molecule has 5 heteroatoms. The van der Waals surface area contributed by atoms with E-state index in [4.69, 9.17) is 0 Å². The summed E-state index contributed by atoms with van der Waals surface area (Å²) in [5, 5.41) is 12.0. The fourth-order valence-electron chi connectivity index (χ4n) is 3.41. The van der Waals surface area contributed by atoms with Crippen molar-refractivity contribution < 1.29 is 9.90 Å². The predicted octanol–water partition coefficient (Wildman–Crippen LogP) is 2.85. The van der Waals surface area contributed by atoms with Gasteiger partial charge < -0.3 is 15.3 Å². The fourth-order valence-corrected chi connectivity index (χ4v) is 3.41. The van der Waals surface area contributed by atoms with E-state index in [1.54, 1.807) is 6.92 Å². The van der Waals surface area contributed by atoms with Gasteiger partial charge in [-0.15, -0.1) is 0 Å². The van der Waals surface area contributed by atoms with Crippen molar-refractivity contribution in [2.45, 2.75) is 19.1 Å². The first-order valence-electron chi connectivity index (χ1n) is 9.76. The Morgan fingerprint density at radius 3 is 2.36 bits per heavy atom. The molecule has 0 saturated heterocycles. The van der Waals surface area contributed by atoms with Gasteiger partial charge in [0.05, 0.1) is 12.1 Å². The predicted molar refractivity (Wildman–Crippen MR) is 114 cm³/mol. The smallest absolute Gasteiger partial charge is 0.251 e. The van der Waals surface area contributed by atoms with E-state index in [1.807, 2.05) is 30.3 Å². The molecule has 3 rings (SSSR count). The first kappa shape index (κ1) is 20.1. The van der Waals surface area contributed by atoms with E-state index in [1.165, 1.54) is 5.56 Å². The molecular weight excluding hydrogens is 350 g/mol. The Bertz CT molecular complexity index is 779. The Labute approximate surface area is 167 Å². The molecule has 148 valence electrons. The highest BCUT2D eigenvalue weighted by molar-refractivity contribution is 5.94. The number of carbonyl (C=O) groups is 1. The number of nitrogens with zero attached hydrogens (tertiary/aromatic N) is 2. The molecule has 1 amide bonds. The molecule has 5 nitrogen and oxygen atoms in total. The number of anilines is 1. The summed E-state index contributed by atoms with van der Waals surface area (Å²) in [4.78, 5) is 16.9. The largest absolute Gasteiger partial charge is 0.392 e. The van der Waals surface area contributed by atoms with Gasteiger partial charge >= 0.3 is 0 Å². The van der Waals surface area contributed by atoms with Crippen LogP contribution in [-0.2, 0) is 0 Å². The van der Waals surface area contributed by atoms with Crippen LogP contribution in [0.1, 0.15) is 28.9 Å². The van der Waals surface area contributed by atoms with Crippen molar-refractivity contribution in [1.82, 2.24) is 10.2 Å². The quantitative estimate of drug-likeness (QED) is 0.693. The molecule has 1 aliphatic rings. The Morgan fingerprint density at radius 1 is 1.11 bits per heavy atom. The highest BCUT2D eigenvalue weighted by Crippen LogP contribution is 2.27. The number of rotatable bonds is 8. The molecule has 2 aromatic carbocycles. The number of amides is 1. The second kappa shape index (κ2) is 9.53. The summed E-state index contributed by atoms with van der Waals surface area (Å²) in [6, 6.07) is 18.4. The van der Waals surface area contributed by atoms with E-state index in [0.29, 0.717) is 5.56 Å². The molecule has 2 aromatic rings. The van der Waals surface area contributed by atoms with Crippen LogP contribution in [0.15, 0.2) is 66.7 Å². The van der Waals surface area contributed by atoms with Crippen LogP contribution >= 0.6 is 0 Å². The van der Waals surface area contributed by atoms with Crippen molar-refractivity contribution in [3.05, 3.63) is 77.9 Å². The van der Waals surface area contributed by atoms with Crippen molar-refractivity contribution in [3.8, 4) is 0 Å². The van der Waals surface area contributed by atoms with Gasteiger partial charge in [-0.1, -0.05) is 42.5 Å². The number of likely N-dealkylation sites (N-methyl/N-ethyl adjacent to an activating group) is 1. The van der Waals surface area contributed by atoms with E-state index < -0.39 is 6.10 Å². The summed E-state index contributed by atoms with van der Waals surface area (Å²) in [5.74, 6) is -0.169. The van der Waals surface area contributed by atoms with Crippen molar-refractivity contribution in [3.63, 3.8) is 0 Å². The van der Waals surface area contributed by atoms with E-state index >= 15 is 0 Å². The molecule has 0 bridgehead atoms. The lowest BCUT2D eigenvalue weighted by atomic mass is 10.0. The third-order valence-corrected chi connectivity index (χ3v) is 5.07. The molecule has 0 saturated carbocycles. The van der Waals surface area contributed by atoms with Crippen molar-refractivity contribution in [2.24, 2.45) is 0 Å². The molecule has 0 aliphatic carbocycles. The number of aliphatic hydroxyl groups is 1. The van der Waals surface area contributed by atoms with E-state index in [0.717, 1.165) is 25.3 Å². The van der Waals surface area contributed by atoms with Gasteiger partial charge in [-0.2, -0.15) is 0 Å². The Hall–Kier alpha value is -2.63. The number of nitrogens with one attached hydrogen (secondary N) is 1. The SMILES string of the molecule is CC(O)CNC(=O)c1ccc(N(C)C(CN2CC=CC2)c2ccccc2)cc1. The Kier molecular flexibility index (Phi) is 6.85. The average molecular weight is 380 g/mol. The summed E-state index contributed by atoms with van der Waals surface area (Å²) in [6.45, 7) is 4.81. The Balaban J connectivity index is 1.74. The fraction of sp³-hybridized carbons (Fsp3) is 0.348. The second-order valence-corrected chi connectivity index (χ2v) is 7.33. The van der Waals surface area contributed by atoms with Crippen LogP contribution < -0.4 is 10.2 Å². The minimum atomic E-state index is -0.555. The summed E-state index contributed by atoms with van der Waals surface area (Å²) < 4.78 is 0. The third-order valence-electron chi connectivity index (χ3n) is 5.07. The number of aliphatic hydroxyl groups excluding tert-OH is 1. The lowest BCUT2D eigenvalue weighted by Crippen LogP contribution is -2.35. The third kappa shape index (κ3) is 5.21. The van der Waals surface area contributed by atoms with Crippen LogP contribution in [0.2, 0.25) is 0 Å². The lowest BCUT2D eigenvalue weighted by molar-refractivity contribution is 0.0924. The number of carbonyl (C=O) groups excluding carboxylic acids is 1. The van der Waals surface area contributed by atoms with Gasteiger partial charge in [0.25, 0.3) is 5.91 Å². The van der Waals surface area contributed by atoms with Crippen LogP contribution in [0.25, 0.3) is 0 Å². The van der Waals surface area contributed by atoms with Crippen LogP contribution in [0, 0.1) is 0 Å². The topological polar surface area (TPSA) is 55.8 Å². The van der Waals surface area contributed by atoms with Crippen LogP contribution in [0.5, 0.6) is 0 Å². The van der Waals surface area contributed by atoms with E-state index in [9.17, 15) is 9.90 Å². The van der Waals surface area contributed by atoms with E-state index in [2.05, 4.69) is 58.6 Å². The van der Waals surface area contributed by atoms with Gasteiger partial charge in [0.2, 0.25) is 0 Å². The molecule has 2 N–H and O–H groups in total. The maximum absolute atomic E-state index is 12.2. The zero-order valence-electron chi connectivity index (χ0n) is 16.6. The molecular formula is C23H29N3O2. The Morgan fingerprint density at radius 2 is 1.75 bits per heavy atom. The first-order valence-corrected chi connectivity index (χ1v) is 9.76. The lowest BCUT2D eigenvalue weighted by Gasteiger charge is -2.33. The molecule has 0 fully saturated rings. The van der Waals surface area contributed by atoms with Gasteiger partial charge in [-0.05, 0) is 36.8 Å². The van der Waals surface area contributed by atoms with Gasteiger partial charge in [0, 0.05) is 44.5 Å². The molecule has 0 radical (unpaired) electrons. The van der Waals surface area contributed by atoms with E-state index in [-0.39, 0.29) is 18.5 Å². The molecule has 28 heavy (non-hydrogen) atoms. The normalized spacial score (nSPS) is 16.0. The molecule has 0 aromatic heterocycles. The molecule has 1 aliphatic heterocycles. The highest BCUT2D eigenvalue weighted by Gasteiger charge is 2.21. The monoisotopic (exact) mass is 379 g/mol. The highest BCUT2D eigenvalue weighted by atomic mass is 16.3. The van der Waals surface area contributed by atoms with Gasteiger partial charge in [-0.3, -0.25) is 9.69 Å². The number of hydrogen-bond donors (Lipinski definition) is 2. The van der Waals surface area contributed by atoms with Crippen molar-refractivity contribution in [2.75, 3.05) is 38.1 Å². The standard InChI is InChI=1S/C23H29N3O2/c1-18(27)16-24-23(28)20-10-12-21(13-11-20)25(2)22(17-26-14-6-7-15-26)19-8-4-3-5-9-19/h3-13,18,22,27H,14-17H2,1-2H3,(H,24,28). The zero-order chi connectivity index (χ0) is 19.9. The molecule has 1 heterocycles. The van der Waals surface area contributed by atoms with Crippen molar-refractivity contribution >= 4 is 11.6 Å². The van der Waals surface area contributed by atoms with Crippen LogP contribution in [-0.4, -0.2) is 55.2 Å². The molecule has 0 spiro atoms. The summed E-state index contributed by atoms with van der Waals surface area (Å²) in [5.41, 5.74) is 2.93. The maximum atomic E-state index is 12.2. The van der Waals surface area contributed by atoms with Crippen LogP contribution in [0.3, 0.4) is 0 Å². The summed E-state index contributed by atoms with van der Waals surface area (Å²) >= 11 is 0. The van der Waals surface area contributed by atoms with Crippen molar-refractivity contribution in [1.29, 1.82) is 0 Å². The second-order valence-electron chi connectivity index (χ2n) is 7.33. The average Bonchev–Trinajstić information content (AvgIpc) is 3.24. The first-order chi connectivity index (χ1) is 13.5. The minimum absolute atomic E-state index is 0.169. The number of hydrogen-bond acceptors (Lipinski definition) is 4. The van der Waals surface area contributed by atoms with Crippen LogP contribution in [0.4, 0.5) is 5.69 Å². The summed E-state index contributed by atoms with van der Waals surface area (Å²) in [6.07, 6.45) is 3.87. The van der Waals surface area contributed by atoms with Gasteiger partial charge in [0.1, 0.15) is 0 Å². The van der Waals surface area contributed by atoms with Gasteiger partial charge in [-0.25, -0.2) is 0 Å². The molecule has 2 atom stereocenters. The molecule has 2 unspecified atom stereocenters. The zero-order valence-corrected chi connectivity index (χ0v) is 16.6. The maximum Gasteiger partial charge on any atom is 0.251 e. The number of benzene rings is 2. The van der Waals surface area contributed by atoms with Gasteiger partial charge in [0.15, 0.2) is 0 Å². The minimum Gasteiger partial charge on any atom is -0.392 e. The summed E-state index contributed by atoms with van der Waals surface area (Å²) in [7, 11) is 2.10.